The summed E-state index contributed by atoms with van der Waals surface area (Å²) in [5.74, 6) is 1.54. The highest BCUT2D eigenvalue weighted by atomic mass is 35.5. The summed E-state index contributed by atoms with van der Waals surface area (Å²) in [6.45, 7) is 3.36. The van der Waals surface area contributed by atoms with E-state index in [1.54, 1.807) is 18.2 Å². The Labute approximate surface area is 128 Å². The normalized spacial score (nSPS) is 14.7. The predicted molar refractivity (Wildman–Crippen MR) is 82.4 cm³/mol. The summed E-state index contributed by atoms with van der Waals surface area (Å²) >= 11 is 5.84. The van der Waals surface area contributed by atoms with Crippen LogP contribution < -0.4 is 9.64 Å². The molecule has 0 atom stereocenters. The van der Waals surface area contributed by atoms with Gasteiger partial charge in [-0.05, 0) is 43.3 Å². The van der Waals surface area contributed by atoms with E-state index in [1.165, 1.54) is 0 Å². The number of aldehydes is 1. The van der Waals surface area contributed by atoms with E-state index >= 15 is 0 Å². The number of halogens is 1. The average Bonchev–Trinajstić information content (AvgIpc) is 2.44. The van der Waals surface area contributed by atoms with E-state index in [9.17, 15) is 4.79 Å². The highest BCUT2D eigenvalue weighted by Gasteiger charge is 2.31. The third-order valence-electron chi connectivity index (χ3n) is 3.44. The van der Waals surface area contributed by atoms with E-state index in [0.29, 0.717) is 10.6 Å². The number of pyridine rings is 1. The maximum Gasteiger partial charge on any atom is 0.153 e. The van der Waals surface area contributed by atoms with Gasteiger partial charge in [-0.3, -0.25) is 4.79 Å². The maximum atomic E-state index is 11.1. The van der Waals surface area contributed by atoms with Gasteiger partial charge < -0.3 is 9.64 Å². The molecule has 4 nitrogen and oxygen atoms in total. The van der Waals surface area contributed by atoms with E-state index in [2.05, 4.69) is 9.88 Å². The highest BCUT2D eigenvalue weighted by molar-refractivity contribution is 6.30. The molecule has 1 saturated heterocycles. The number of benzene rings is 1. The lowest BCUT2D eigenvalue weighted by Crippen LogP contribution is -2.54. The number of carbonyl (C=O) groups excluding carboxylic acids is 1. The molecule has 3 rings (SSSR count). The van der Waals surface area contributed by atoms with Gasteiger partial charge in [-0.15, -0.1) is 0 Å². The second-order valence-electron chi connectivity index (χ2n) is 5.08. The first kappa shape index (κ1) is 13.9. The minimum Gasteiger partial charge on any atom is -0.487 e. The molecular weight excluding hydrogens is 288 g/mol. The summed E-state index contributed by atoms with van der Waals surface area (Å²) < 4.78 is 5.84. The van der Waals surface area contributed by atoms with Gasteiger partial charge in [0, 0.05) is 10.7 Å². The highest BCUT2D eigenvalue weighted by Crippen LogP contribution is 2.26. The Morgan fingerprint density at radius 3 is 2.62 bits per heavy atom. The van der Waals surface area contributed by atoms with Gasteiger partial charge in [-0.1, -0.05) is 11.6 Å². The van der Waals surface area contributed by atoms with E-state index in [-0.39, 0.29) is 6.10 Å². The smallest absolute Gasteiger partial charge is 0.153 e. The van der Waals surface area contributed by atoms with Gasteiger partial charge in [0.25, 0.3) is 0 Å². The number of carbonyl (C=O) groups is 1. The second kappa shape index (κ2) is 5.74. The summed E-state index contributed by atoms with van der Waals surface area (Å²) in [5, 5.41) is 0.692. The number of ether oxygens (including phenoxy) is 1. The van der Waals surface area contributed by atoms with Crippen molar-refractivity contribution in [3.8, 4) is 5.75 Å². The molecule has 2 aromatic rings. The van der Waals surface area contributed by atoms with Crippen LogP contribution in [-0.2, 0) is 0 Å². The van der Waals surface area contributed by atoms with Crippen molar-refractivity contribution in [2.24, 2.45) is 0 Å². The van der Waals surface area contributed by atoms with Crippen molar-refractivity contribution in [1.82, 2.24) is 4.98 Å². The van der Waals surface area contributed by atoms with Crippen LogP contribution in [0.15, 0.2) is 36.4 Å². The Balaban J connectivity index is 1.64. The standard InChI is InChI=1S/C16H15ClN2O2/c1-11-2-3-12(10-20)16(18-11)19-8-15(9-19)21-14-6-4-13(17)5-7-14/h2-7,10,15H,8-9H2,1H3. The lowest BCUT2D eigenvalue weighted by Gasteiger charge is -2.40. The summed E-state index contributed by atoms with van der Waals surface area (Å²) in [6, 6.07) is 11.0. The molecule has 0 saturated carbocycles. The molecule has 1 aliphatic heterocycles. The van der Waals surface area contributed by atoms with Crippen LogP contribution in [-0.4, -0.2) is 30.5 Å². The number of nitrogens with zero attached hydrogens (tertiary/aromatic N) is 2. The fraction of sp³-hybridized carbons (Fsp3) is 0.250. The first-order valence-corrected chi connectivity index (χ1v) is 7.13. The van der Waals surface area contributed by atoms with Crippen LogP contribution in [0.2, 0.25) is 5.02 Å². The summed E-state index contributed by atoms with van der Waals surface area (Å²) in [5.41, 5.74) is 1.52. The Bertz CT molecular complexity index is 652. The summed E-state index contributed by atoms with van der Waals surface area (Å²) in [4.78, 5) is 17.6. The molecule has 0 radical (unpaired) electrons. The third-order valence-corrected chi connectivity index (χ3v) is 3.69. The molecule has 2 heterocycles. The molecule has 0 unspecified atom stereocenters. The minimum absolute atomic E-state index is 0.105. The summed E-state index contributed by atoms with van der Waals surface area (Å²) in [7, 11) is 0. The number of rotatable bonds is 4. The molecule has 0 amide bonds. The molecule has 1 aliphatic rings. The molecule has 21 heavy (non-hydrogen) atoms. The molecule has 1 fully saturated rings. The third kappa shape index (κ3) is 3.00. The SMILES string of the molecule is Cc1ccc(C=O)c(N2CC(Oc3ccc(Cl)cc3)C2)n1. The van der Waals surface area contributed by atoms with Crippen LogP contribution in [0, 0.1) is 6.92 Å². The zero-order chi connectivity index (χ0) is 14.8. The van der Waals surface area contributed by atoms with Crippen LogP contribution in [0.1, 0.15) is 16.1 Å². The van der Waals surface area contributed by atoms with Crippen LogP contribution in [0.4, 0.5) is 5.82 Å². The van der Waals surface area contributed by atoms with Gasteiger partial charge in [0.2, 0.25) is 0 Å². The number of aryl methyl sites for hydroxylation is 1. The predicted octanol–water partition coefficient (Wildman–Crippen LogP) is 3.12. The number of aromatic nitrogens is 1. The molecule has 5 heteroatoms. The first-order chi connectivity index (χ1) is 10.2. The zero-order valence-corrected chi connectivity index (χ0v) is 12.4. The van der Waals surface area contributed by atoms with Crippen molar-refractivity contribution in [3.05, 3.63) is 52.7 Å². The van der Waals surface area contributed by atoms with Crippen molar-refractivity contribution < 1.29 is 9.53 Å². The molecule has 108 valence electrons. The average molecular weight is 303 g/mol. The fourth-order valence-corrected chi connectivity index (χ4v) is 2.42. The fourth-order valence-electron chi connectivity index (χ4n) is 2.29. The number of anilines is 1. The Hall–Kier alpha value is -2.07. The maximum absolute atomic E-state index is 11.1. The van der Waals surface area contributed by atoms with E-state index in [0.717, 1.165) is 36.6 Å². The lowest BCUT2D eigenvalue weighted by molar-refractivity contribution is 0.112. The van der Waals surface area contributed by atoms with Crippen molar-refractivity contribution in [3.63, 3.8) is 0 Å². The van der Waals surface area contributed by atoms with E-state index in [4.69, 9.17) is 16.3 Å². The van der Waals surface area contributed by atoms with Crippen LogP contribution in [0.5, 0.6) is 5.75 Å². The monoisotopic (exact) mass is 302 g/mol. The van der Waals surface area contributed by atoms with Gasteiger partial charge in [0.1, 0.15) is 17.7 Å². The number of hydrogen-bond acceptors (Lipinski definition) is 4. The van der Waals surface area contributed by atoms with Gasteiger partial charge in [-0.2, -0.15) is 0 Å². The van der Waals surface area contributed by atoms with Crippen LogP contribution in [0.25, 0.3) is 0 Å². The van der Waals surface area contributed by atoms with E-state index < -0.39 is 0 Å². The first-order valence-electron chi connectivity index (χ1n) is 6.76. The van der Waals surface area contributed by atoms with Crippen LogP contribution >= 0.6 is 11.6 Å². The van der Waals surface area contributed by atoms with Crippen molar-refractivity contribution in [1.29, 1.82) is 0 Å². The molecule has 0 spiro atoms. The molecule has 0 N–H and O–H groups in total. The largest absolute Gasteiger partial charge is 0.487 e. The molecule has 0 aliphatic carbocycles. The van der Waals surface area contributed by atoms with Crippen LogP contribution in [0.3, 0.4) is 0 Å². The van der Waals surface area contributed by atoms with Crippen molar-refractivity contribution >= 4 is 23.7 Å². The van der Waals surface area contributed by atoms with Gasteiger partial charge in [-0.25, -0.2) is 4.98 Å². The van der Waals surface area contributed by atoms with Gasteiger partial charge in [0.15, 0.2) is 6.29 Å². The Kier molecular flexibility index (Phi) is 3.80. The quantitative estimate of drug-likeness (QED) is 0.814. The molecule has 0 bridgehead atoms. The summed E-state index contributed by atoms with van der Waals surface area (Å²) in [6.07, 6.45) is 0.947. The Morgan fingerprint density at radius 2 is 1.95 bits per heavy atom. The minimum atomic E-state index is 0.105. The van der Waals surface area contributed by atoms with Crippen molar-refractivity contribution in [2.75, 3.05) is 18.0 Å². The second-order valence-corrected chi connectivity index (χ2v) is 5.52. The van der Waals surface area contributed by atoms with Gasteiger partial charge in [0.05, 0.1) is 18.7 Å². The topological polar surface area (TPSA) is 42.4 Å². The lowest BCUT2D eigenvalue weighted by atomic mass is 10.1. The molecule has 1 aromatic heterocycles. The number of hydrogen-bond donors (Lipinski definition) is 0. The van der Waals surface area contributed by atoms with Crippen molar-refractivity contribution in [2.45, 2.75) is 13.0 Å². The van der Waals surface area contributed by atoms with Gasteiger partial charge >= 0.3 is 0 Å². The zero-order valence-electron chi connectivity index (χ0n) is 11.6. The molecule has 1 aromatic carbocycles. The molecular formula is C16H15ClN2O2. The van der Waals surface area contributed by atoms with E-state index in [1.807, 2.05) is 25.1 Å². The Morgan fingerprint density at radius 1 is 1.24 bits per heavy atom.